The Kier molecular flexibility index (Phi) is 5.36. The number of anilines is 1. The van der Waals surface area contributed by atoms with Crippen molar-refractivity contribution in [3.8, 4) is 0 Å². The van der Waals surface area contributed by atoms with Gasteiger partial charge in [-0.05, 0) is 31.7 Å². The van der Waals surface area contributed by atoms with Gasteiger partial charge in [0, 0.05) is 38.9 Å². The summed E-state index contributed by atoms with van der Waals surface area (Å²) in [6, 6.07) is 11.6. The molecule has 0 radical (unpaired) electrons. The number of nitrogens with zero attached hydrogens (tertiary/aromatic N) is 3. The summed E-state index contributed by atoms with van der Waals surface area (Å²) in [6.45, 7) is 5.25. The molecule has 0 spiro atoms. The van der Waals surface area contributed by atoms with E-state index in [0.29, 0.717) is 25.5 Å². The Hall–Kier alpha value is -1.96. The fraction of sp³-hybridized carbons (Fsp3) is 0.389. The SMILES string of the molecule is Cc1ccc(CNc2ccc(S(=O)(=O)N3CCN(C)CC3)cn2)cc1. The van der Waals surface area contributed by atoms with Crippen LogP contribution >= 0.6 is 0 Å². The number of pyridine rings is 1. The Morgan fingerprint density at radius 2 is 1.72 bits per heavy atom. The maximum atomic E-state index is 12.7. The largest absolute Gasteiger partial charge is 0.366 e. The van der Waals surface area contributed by atoms with E-state index in [9.17, 15) is 8.42 Å². The molecule has 0 amide bonds. The number of likely N-dealkylation sites (N-methyl/N-ethyl adjacent to an activating group) is 1. The monoisotopic (exact) mass is 360 g/mol. The summed E-state index contributed by atoms with van der Waals surface area (Å²) >= 11 is 0. The number of rotatable bonds is 5. The van der Waals surface area contributed by atoms with Crippen LogP contribution in [0.25, 0.3) is 0 Å². The zero-order chi connectivity index (χ0) is 17.9. The number of hydrogen-bond donors (Lipinski definition) is 1. The van der Waals surface area contributed by atoms with Crippen molar-refractivity contribution < 1.29 is 8.42 Å². The number of sulfonamides is 1. The molecule has 0 bridgehead atoms. The van der Waals surface area contributed by atoms with Crippen LogP contribution in [0.5, 0.6) is 0 Å². The summed E-state index contributed by atoms with van der Waals surface area (Å²) in [5.41, 5.74) is 2.38. The zero-order valence-corrected chi connectivity index (χ0v) is 15.5. The average Bonchev–Trinajstić information content (AvgIpc) is 2.62. The van der Waals surface area contributed by atoms with Crippen LogP contribution in [0.2, 0.25) is 0 Å². The molecule has 1 N–H and O–H groups in total. The van der Waals surface area contributed by atoms with Gasteiger partial charge in [0.1, 0.15) is 10.7 Å². The third-order valence-electron chi connectivity index (χ3n) is 4.43. The Balaban J connectivity index is 1.64. The van der Waals surface area contributed by atoms with Crippen molar-refractivity contribution in [1.29, 1.82) is 0 Å². The lowest BCUT2D eigenvalue weighted by atomic mass is 10.1. The van der Waals surface area contributed by atoms with Gasteiger partial charge in [-0.1, -0.05) is 29.8 Å². The second-order valence-corrected chi connectivity index (χ2v) is 8.36. The number of aromatic nitrogens is 1. The van der Waals surface area contributed by atoms with Crippen molar-refractivity contribution in [2.75, 3.05) is 38.5 Å². The first-order valence-electron chi connectivity index (χ1n) is 8.39. The van der Waals surface area contributed by atoms with Crippen LogP contribution in [0.3, 0.4) is 0 Å². The lowest BCUT2D eigenvalue weighted by Gasteiger charge is -2.31. The van der Waals surface area contributed by atoms with E-state index in [-0.39, 0.29) is 4.90 Å². The highest BCUT2D eigenvalue weighted by Gasteiger charge is 2.27. The molecule has 1 fully saturated rings. The van der Waals surface area contributed by atoms with Crippen LogP contribution in [0.15, 0.2) is 47.5 Å². The number of hydrogen-bond acceptors (Lipinski definition) is 5. The molecule has 25 heavy (non-hydrogen) atoms. The van der Waals surface area contributed by atoms with Crippen molar-refractivity contribution in [2.24, 2.45) is 0 Å². The third-order valence-corrected chi connectivity index (χ3v) is 6.31. The molecule has 1 saturated heterocycles. The normalized spacial score (nSPS) is 16.7. The predicted molar refractivity (Wildman–Crippen MR) is 99.0 cm³/mol. The molecule has 1 aromatic carbocycles. The second kappa shape index (κ2) is 7.51. The highest BCUT2D eigenvalue weighted by Crippen LogP contribution is 2.18. The number of piperazine rings is 1. The maximum Gasteiger partial charge on any atom is 0.244 e. The minimum Gasteiger partial charge on any atom is -0.366 e. The Morgan fingerprint density at radius 3 is 2.32 bits per heavy atom. The highest BCUT2D eigenvalue weighted by molar-refractivity contribution is 7.89. The van der Waals surface area contributed by atoms with Crippen LogP contribution in [-0.2, 0) is 16.6 Å². The summed E-state index contributed by atoms with van der Waals surface area (Å²) in [6.07, 6.45) is 1.44. The maximum absolute atomic E-state index is 12.7. The van der Waals surface area contributed by atoms with Crippen LogP contribution in [0.1, 0.15) is 11.1 Å². The summed E-state index contributed by atoms with van der Waals surface area (Å²) < 4.78 is 26.9. The van der Waals surface area contributed by atoms with Crippen molar-refractivity contribution >= 4 is 15.8 Å². The Morgan fingerprint density at radius 1 is 1.04 bits per heavy atom. The fourth-order valence-electron chi connectivity index (χ4n) is 2.71. The number of aryl methyl sites for hydroxylation is 1. The molecular weight excluding hydrogens is 336 g/mol. The summed E-state index contributed by atoms with van der Waals surface area (Å²) in [4.78, 5) is 6.64. The predicted octanol–water partition coefficient (Wildman–Crippen LogP) is 1.94. The topological polar surface area (TPSA) is 65.5 Å². The summed E-state index contributed by atoms with van der Waals surface area (Å²) in [7, 11) is -1.46. The summed E-state index contributed by atoms with van der Waals surface area (Å²) in [5, 5.41) is 3.22. The van der Waals surface area contributed by atoms with Crippen LogP contribution < -0.4 is 5.32 Å². The van der Waals surface area contributed by atoms with Crippen molar-refractivity contribution in [3.05, 3.63) is 53.7 Å². The molecule has 0 atom stereocenters. The van der Waals surface area contributed by atoms with Crippen LogP contribution in [0, 0.1) is 6.92 Å². The van der Waals surface area contributed by atoms with E-state index in [2.05, 4.69) is 46.4 Å². The first-order chi connectivity index (χ1) is 11.9. The van der Waals surface area contributed by atoms with Gasteiger partial charge in [-0.25, -0.2) is 13.4 Å². The van der Waals surface area contributed by atoms with E-state index >= 15 is 0 Å². The van der Waals surface area contributed by atoms with Gasteiger partial charge >= 0.3 is 0 Å². The molecule has 134 valence electrons. The highest BCUT2D eigenvalue weighted by atomic mass is 32.2. The summed E-state index contributed by atoms with van der Waals surface area (Å²) in [5.74, 6) is 0.665. The lowest BCUT2D eigenvalue weighted by Crippen LogP contribution is -2.47. The molecular formula is C18H24N4O2S. The fourth-order valence-corrected chi connectivity index (χ4v) is 4.08. The van der Waals surface area contributed by atoms with Crippen molar-refractivity contribution in [3.63, 3.8) is 0 Å². The van der Waals surface area contributed by atoms with Gasteiger partial charge in [0.25, 0.3) is 0 Å². The minimum atomic E-state index is -3.46. The zero-order valence-electron chi connectivity index (χ0n) is 14.6. The van der Waals surface area contributed by atoms with Gasteiger partial charge in [-0.3, -0.25) is 0 Å². The minimum absolute atomic E-state index is 0.248. The molecule has 1 aliphatic rings. The molecule has 0 unspecified atom stereocenters. The molecule has 2 aromatic rings. The van der Waals surface area contributed by atoms with E-state index < -0.39 is 10.0 Å². The van der Waals surface area contributed by atoms with E-state index in [1.165, 1.54) is 16.1 Å². The standard InChI is InChI=1S/C18H24N4O2S/c1-15-3-5-16(6-4-15)13-19-18-8-7-17(14-20-18)25(23,24)22-11-9-21(2)10-12-22/h3-8,14H,9-13H2,1-2H3,(H,19,20). The van der Waals surface area contributed by atoms with Gasteiger partial charge in [0.2, 0.25) is 10.0 Å². The van der Waals surface area contributed by atoms with Gasteiger partial charge in [0.05, 0.1) is 0 Å². The third kappa shape index (κ3) is 4.36. The second-order valence-electron chi connectivity index (χ2n) is 6.43. The lowest BCUT2D eigenvalue weighted by molar-refractivity contribution is 0.222. The Labute approximate surface area is 149 Å². The quantitative estimate of drug-likeness (QED) is 0.883. The molecule has 1 aromatic heterocycles. The van der Waals surface area contributed by atoms with E-state index in [1.54, 1.807) is 12.1 Å². The van der Waals surface area contributed by atoms with Gasteiger partial charge in [0.15, 0.2) is 0 Å². The Bertz CT molecular complexity index is 796. The number of benzene rings is 1. The smallest absolute Gasteiger partial charge is 0.244 e. The average molecular weight is 360 g/mol. The van der Waals surface area contributed by atoms with E-state index in [0.717, 1.165) is 18.7 Å². The van der Waals surface area contributed by atoms with Crippen molar-refractivity contribution in [2.45, 2.75) is 18.4 Å². The molecule has 2 heterocycles. The van der Waals surface area contributed by atoms with E-state index in [1.807, 2.05) is 7.05 Å². The van der Waals surface area contributed by atoms with Gasteiger partial charge in [-0.15, -0.1) is 0 Å². The van der Waals surface area contributed by atoms with Gasteiger partial charge < -0.3 is 10.2 Å². The van der Waals surface area contributed by atoms with Crippen LogP contribution in [-0.4, -0.2) is 55.8 Å². The molecule has 1 aliphatic heterocycles. The number of nitrogens with one attached hydrogen (secondary N) is 1. The molecule has 6 nitrogen and oxygen atoms in total. The molecule has 7 heteroatoms. The first-order valence-corrected chi connectivity index (χ1v) is 9.83. The van der Waals surface area contributed by atoms with Crippen LogP contribution in [0.4, 0.5) is 5.82 Å². The first kappa shape index (κ1) is 17.8. The van der Waals surface area contributed by atoms with E-state index in [4.69, 9.17) is 0 Å². The molecule has 0 saturated carbocycles. The van der Waals surface area contributed by atoms with Crippen molar-refractivity contribution in [1.82, 2.24) is 14.2 Å². The molecule has 3 rings (SSSR count). The van der Waals surface area contributed by atoms with Gasteiger partial charge in [-0.2, -0.15) is 4.31 Å². The molecule has 0 aliphatic carbocycles.